The van der Waals surface area contributed by atoms with Crippen LogP contribution in [0.5, 0.6) is 0 Å². The van der Waals surface area contributed by atoms with Crippen LogP contribution in [-0.2, 0) is 9.59 Å². The van der Waals surface area contributed by atoms with E-state index >= 15 is 0 Å². The maximum absolute atomic E-state index is 10.0. The molecule has 6 N–H and O–H groups in total. The van der Waals surface area contributed by atoms with Crippen LogP contribution in [0.1, 0.15) is 0 Å². The number of thiol groups is 2. The molecule has 11 heteroatoms. The Hall–Kier alpha value is 0.610. The van der Waals surface area contributed by atoms with E-state index in [0.29, 0.717) is 11.5 Å². The number of rotatable bonds is 7. The fourth-order valence-corrected chi connectivity index (χ4v) is 2.63. The zero-order valence-corrected chi connectivity index (χ0v) is 12.8. The molecule has 102 valence electrons. The standard InChI is InChI=1S/C3H7NO2S3.C3H7NO2S2/c4-2(3(5)6)1-8-9-7;4-2(1-8-7)3(5)6/h2,7H,1,4H2,(H,5,6);2,7H,1,4H2,(H,5,6). The lowest BCUT2D eigenvalue weighted by Crippen LogP contribution is -2.32. The highest BCUT2D eigenvalue weighted by Crippen LogP contribution is 2.24. The molecular weight excluding hydrogens is 324 g/mol. The fourth-order valence-electron chi connectivity index (χ4n) is 0.327. The smallest absolute Gasteiger partial charge is 0.321 e. The lowest BCUT2D eigenvalue weighted by molar-refractivity contribution is -0.138. The molecule has 0 aliphatic heterocycles. The van der Waals surface area contributed by atoms with Gasteiger partial charge >= 0.3 is 11.9 Å². The van der Waals surface area contributed by atoms with Crippen LogP contribution in [-0.4, -0.2) is 45.7 Å². The van der Waals surface area contributed by atoms with Gasteiger partial charge in [0, 0.05) is 11.5 Å². The summed E-state index contributed by atoms with van der Waals surface area (Å²) in [4.78, 5) is 19.9. The summed E-state index contributed by atoms with van der Waals surface area (Å²) >= 11 is 7.52. The zero-order chi connectivity index (χ0) is 13.8. The van der Waals surface area contributed by atoms with Gasteiger partial charge in [-0.15, -0.1) is 11.7 Å². The van der Waals surface area contributed by atoms with Crippen molar-refractivity contribution in [3.63, 3.8) is 0 Å². The first-order valence-electron chi connectivity index (χ1n) is 4.03. The Labute approximate surface area is 121 Å². The van der Waals surface area contributed by atoms with Gasteiger partial charge in [-0.25, -0.2) is 0 Å². The van der Waals surface area contributed by atoms with E-state index in [1.54, 1.807) is 0 Å². The van der Waals surface area contributed by atoms with Crippen LogP contribution in [0.15, 0.2) is 0 Å². The van der Waals surface area contributed by atoms with Crippen LogP contribution in [0.2, 0.25) is 0 Å². The molecule has 6 nitrogen and oxygen atoms in total. The number of aliphatic carboxylic acids is 2. The van der Waals surface area contributed by atoms with E-state index in [1.165, 1.54) is 20.6 Å². The molecule has 0 radical (unpaired) electrons. The molecule has 0 fully saturated rings. The van der Waals surface area contributed by atoms with Crippen molar-refractivity contribution in [2.45, 2.75) is 12.1 Å². The van der Waals surface area contributed by atoms with Crippen molar-refractivity contribution in [1.29, 1.82) is 0 Å². The molecular formula is C6H14N2O4S5. The predicted octanol–water partition coefficient (Wildman–Crippen LogP) is 0.601. The quantitative estimate of drug-likeness (QED) is 0.292. The molecule has 2 atom stereocenters. The molecule has 0 rings (SSSR count). The second kappa shape index (κ2) is 13.1. The number of hydrogen-bond acceptors (Lipinski definition) is 9. The average molecular weight is 339 g/mol. The molecule has 2 unspecified atom stereocenters. The van der Waals surface area contributed by atoms with Gasteiger partial charge in [0.05, 0.1) is 0 Å². The van der Waals surface area contributed by atoms with E-state index in [2.05, 4.69) is 23.3 Å². The highest BCUT2D eigenvalue weighted by molar-refractivity contribution is 9.05. The minimum absolute atomic E-state index is 0.346. The summed E-state index contributed by atoms with van der Waals surface area (Å²) in [7, 11) is 3.66. The van der Waals surface area contributed by atoms with Gasteiger partial charge in [-0.3, -0.25) is 9.59 Å². The highest BCUT2D eigenvalue weighted by atomic mass is 33.5. The molecule has 0 aliphatic carbocycles. The number of carboxylic acid groups (broad SMARTS) is 2. The van der Waals surface area contributed by atoms with Crippen LogP contribution in [0.4, 0.5) is 0 Å². The SMILES string of the molecule is NC(CSS)C(=O)O.NC(CSSS)C(=O)O. The molecule has 0 aromatic heterocycles. The van der Waals surface area contributed by atoms with Gasteiger partial charge in [0.25, 0.3) is 0 Å². The summed E-state index contributed by atoms with van der Waals surface area (Å²) < 4.78 is 0. The maximum Gasteiger partial charge on any atom is 0.321 e. The summed E-state index contributed by atoms with van der Waals surface area (Å²) in [6, 6.07) is -1.55. The van der Waals surface area contributed by atoms with Gasteiger partial charge in [-0.05, 0) is 9.83 Å². The summed E-state index contributed by atoms with van der Waals surface area (Å²) in [5, 5.41) is 16.4. The molecule has 0 aromatic carbocycles. The third-order valence-corrected chi connectivity index (χ3v) is 4.42. The summed E-state index contributed by atoms with van der Waals surface area (Å²) in [5.74, 6) is -1.21. The van der Waals surface area contributed by atoms with Crippen LogP contribution in [0, 0.1) is 0 Å². The molecule has 17 heavy (non-hydrogen) atoms. The Bertz CT molecular complexity index is 232. The van der Waals surface area contributed by atoms with E-state index in [0.717, 1.165) is 10.8 Å². The minimum atomic E-state index is -0.980. The van der Waals surface area contributed by atoms with Gasteiger partial charge in [0.1, 0.15) is 12.1 Å². The van der Waals surface area contributed by atoms with Crippen molar-refractivity contribution in [2.75, 3.05) is 11.5 Å². The van der Waals surface area contributed by atoms with Crippen LogP contribution >= 0.6 is 54.7 Å². The topological polar surface area (TPSA) is 127 Å². The first-order chi connectivity index (χ1) is 7.86. The number of carboxylic acids is 2. The normalized spacial score (nSPS) is 13.2. The summed E-state index contributed by atoms with van der Waals surface area (Å²) in [6.07, 6.45) is 0. The van der Waals surface area contributed by atoms with Crippen molar-refractivity contribution < 1.29 is 19.8 Å². The molecule has 0 saturated carbocycles. The second-order valence-corrected chi connectivity index (χ2v) is 7.12. The molecule has 0 aliphatic rings. The van der Waals surface area contributed by atoms with Crippen molar-refractivity contribution in [1.82, 2.24) is 0 Å². The highest BCUT2D eigenvalue weighted by Gasteiger charge is 2.10. The largest absolute Gasteiger partial charge is 0.480 e. The van der Waals surface area contributed by atoms with Crippen LogP contribution < -0.4 is 11.5 Å². The van der Waals surface area contributed by atoms with Crippen LogP contribution in [0.3, 0.4) is 0 Å². The van der Waals surface area contributed by atoms with Crippen LogP contribution in [0.25, 0.3) is 0 Å². The Kier molecular flexibility index (Phi) is 15.3. The van der Waals surface area contributed by atoms with E-state index < -0.39 is 24.0 Å². The molecule has 0 saturated heterocycles. The van der Waals surface area contributed by atoms with E-state index in [4.69, 9.17) is 21.7 Å². The molecule has 0 amide bonds. The predicted molar refractivity (Wildman–Crippen MR) is 81.7 cm³/mol. The van der Waals surface area contributed by atoms with Crippen molar-refractivity contribution in [2.24, 2.45) is 11.5 Å². The molecule has 0 heterocycles. The Balaban J connectivity index is 0. The third-order valence-electron chi connectivity index (χ3n) is 1.19. The fraction of sp³-hybridized carbons (Fsp3) is 0.667. The Morgan fingerprint density at radius 2 is 1.47 bits per heavy atom. The zero-order valence-electron chi connectivity index (χ0n) is 8.55. The molecule has 0 aromatic rings. The minimum Gasteiger partial charge on any atom is -0.480 e. The monoisotopic (exact) mass is 338 g/mol. The Morgan fingerprint density at radius 1 is 1.06 bits per heavy atom. The lowest BCUT2D eigenvalue weighted by Gasteiger charge is -2.01. The van der Waals surface area contributed by atoms with Gasteiger partial charge in [0.15, 0.2) is 0 Å². The first kappa shape index (κ1) is 19.9. The average Bonchev–Trinajstić information content (AvgIpc) is 2.26. The van der Waals surface area contributed by atoms with Gasteiger partial charge < -0.3 is 21.7 Å². The summed E-state index contributed by atoms with van der Waals surface area (Å²) in [6.45, 7) is 0. The van der Waals surface area contributed by atoms with Gasteiger partial charge in [-0.2, -0.15) is 0 Å². The number of hydrogen-bond donors (Lipinski definition) is 6. The number of nitrogens with two attached hydrogens (primary N) is 2. The van der Waals surface area contributed by atoms with Gasteiger partial charge in [0.2, 0.25) is 0 Å². The van der Waals surface area contributed by atoms with Gasteiger partial charge in [-0.1, -0.05) is 33.2 Å². The van der Waals surface area contributed by atoms with E-state index in [-0.39, 0.29) is 0 Å². The third kappa shape index (κ3) is 14.6. The molecule has 0 bridgehead atoms. The maximum atomic E-state index is 10.0. The Morgan fingerprint density at radius 3 is 1.71 bits per heavy atom. The second-order valence-electron chi connectivity index (χ2n) is 2.54. The summed E-state index contributed by atoms with van der Waals surface area (Å²) in [5.41, 5.74) is 10.2. The van der Waals surface area contributed by atoms with E-state index in [1.807, 2.05) is 0 Å². The first-order valence-corrected chi connectivity index (χ1v) is 9.43. The molecule has 0 spiro atoms. The van der Waals surface area contributed by atoms with Crippen molar-refractivity contribution >= 4 is 66.7 Å². The lowest BCUT2D eigenvalue weighted by atomic mass is 10.4. The van der Waals surface area contributed by atoms with E-state index in [9.17, 15) is 9.59 Å². The van der Waals surface area contributed by atoms with Crippen molar-refractivity contribution in [3.8, 4) is 0 Å². The number of carbonyl (C=O) groups is 2. The van der Waals surface area contributed by atoms with Crippen molar-refractivity contribution in [3.05, 3.63) is 0 Å².